The molecule has 0 aliphatic heterocycles. The number of H-pyrrole nitrogens is 1. The minimum atomic E-state index is -4.66. The van der Waals surface area contributed by atoms with Crippen molar-refractivity contribution in [1.29, 1.82) is 0 Å². The topological polar surface area (TPSA) is 78.0 Å². The first-order valence-electron chi connectivity index (χ1n) is 8.53. The molecule has 0 atom stereocenters. The number of aliphatic hydroxyl groups is 1. The van der Waals surface area contributed by atoms with E-state index in [1.165, 1.54) is 6.07 Å². The summed E-state index contributed by atoms with van der Waals surface area (Å²) in [7, 11) is 0. The number of benzene rings is 1. The summed E-state index contributed by atoms with van der Waals surface area (Å²) in [5.41, 5.74) is -2.46. The second kappa shape index (κ2) is 6.49. The number of nitrogens with zero attached hydrogens (tertiary/aromatic N) is 1. The monoisotopic (exact) mass is 409 g/mol. The van der Waals surface area contributed by atoms with Gasteiger partial charge in [0.2, 0.25) is 0 Å². The molecule has 0 saturated heterocycles. The summed E-state index contributed by atoms with van der Waals surface area (Å²) in [6.07, 6.45) is -3.42. The molecule has 1 saturated carbocycles. The quantitative estimate of drug-likeness (QED) is 0.603. The van der Waals surface area contributed by atoms with Gasteiger partial charge in [0.05, 0.1) is 16.7 Å². The van der Waals surface area contributed by atoms with E-state index in [2.05, 4.69) is 15.3 Å². The molecular formula is C19H15ClF3N3O2. The Hall–Kier alpha value is -2.58. The Morgan fingerprint density at radius 1 is 1.21 bits per heavy atom. The highest BCUT2D eigenvalue weighted by molar-refractivity contribution is 6.33. The van der Waals surface area contributed by atoms with Gasteiger partial charge in [-0.05, 0) is 31.0 Å². The van der Waals surface area contributed by atoms with E-state index in [1.54, 1.807) is 24.3 Å². The summed E-state index contributed by atoms with van der Waals surface area (Å²) >= 11 is 6.18. The van der Waals surface area contributed by atoms with Crippen LogP contribution in [0.3, 0.4) is 0 Å². The molecular weight excluding hydrogens is 395 g/mol. The van der Waals surface area contributed by atoms with E-state index in [0.717, 1.165) is 6.07 Å². The Labute approximate surface area is 162 Å². The van der Waals surface area contributed by atoms with Crippen molar-refractivity contribution in [3.05, 3.63) is 57.5 Å². The number of alkyl halides is 3. The number of aromatic nitrogens is 2. The van der Waals surface area contributed by atoms with E-state index in [9.17, 15) is 23.1 Å². The zero-order valence-electron chi connectivity index (χ0n) is 14.4. The summed E-state index contributed by atoms with van der Waals surface area (Å²) < 4.78 is 39.7. The molecule has 5 nitrogen and oxygen atoms in total. The fraction of sp³-hybridized carbons (Fsp3) is 0.263. The largest absolute Gasteiger partial charge is 0.433 e. The first kappa shape index (κ1) is 18.8. The lowest BCUT2D eigenvalue weighted by Gasteiger charge is -2.16. The molecule has 28 heavy (non-hydrogen) atoms. The van der Waals surface area contributed by atoms with Crippen LogP contribution in [0.5, 0.6) is 0 Å². The number of fused-ring (bicyclic) bond motifs is 1. The van der Waals surface area contributed by atoms with Gasteiger partial charge in [-0.15, -0.1) is 0 Å². The van der Waals surface area contributed by atoms with Gasteiger partial charge in [0.25, 0.3) is 5.56 Å². The molecule has 3 N–H and O–H groups in total. The molecule has 1 fully saturated rings. The molecule has 9 heteroatoms. The van der Waals surface area contributed by atoms with E-state index >= 15 is 0 Å². The standard InChI is InChI=1S/C19H15ClF3N3O2/c20-12-4-2-1-3-10(12)14-15-11(5-6-13(25-15)19(21,22)23)16(26-17(14)27)24-9-18(28)7-8-18/h1-6,28H,7-9H2,(H2,24,26,27). The van der Waals surface area contributed by atoms with Gasteiger partial charge in [0.1, 0.15) is 11.5 Å². The smallest absolute Gasteiger partial charge is 0.388 e. The lowest BCUT2D eigenvalue weighted by Crippen LogP contribution is -2.23. The van der Waals surface area contributed by atoms with Gasteiger partial charge in [-0.1, -0.05) is 29.8 Å². The molecule has 2 heterocycles. The highest BCUT2D eigenvalue weighted by Crippen LogP contribution is 2.37. The SMILES string of the molecule is O=c1[nH]c(NCC2(O)CC2)c2ccc(C(F)(F)F)nc2c1-c1ccccc1Cl. The average molecular weight is 410 g/mol. The predicted molar refractivity (Wildman–Crippen MR) is 100 cm³/mol. The van der Waals surface area contributed by atoms with Gasteiger partial charge in [-0.3, -0.25) is 4.79 Å². The number of hydrogen-bond acceptors (Lipinski definition) is 4. The normalized spacial score (nSPS) is 15.6. The molecule has 1 aliphatic rings. The first-order valence-corrected chi connectivity index (χ1v) is 8.91. The maximum absolute atomic E-state index is 13.2. The van der Waals surface area contributed by atoms with Crippen LogP contribution in [0.1, 0.15) is 18.5 Å². The molecule has 0 bridgehead atoms. The van der Waals surface area contributed by atoms with Crippen LogP contribution in [-0.4, -0.2) is 27.2 Å². The highest BCUT2D eigenvalue weighted by Gasteiger charge is 2.40. The molecule has 0 unspecified atom stereocenters. The lowest BCUT2D eigenvalue weighted by atomic mass is 10.0. The maximum atomic E-state index is 13.2. The minimum Gasteiger partial charge on any atom is -0.388 e. The Kier molecular flexibility index (Phi) is 4.35. The highest BCUT2D eigenvalue weighted by atomic mass is 35.5. The van der Waals surface area contributed by atoms with Crippen LogP contribution in [0.15, 0.2) is 41.2 Å². The van der Waals surface area contributed by atoms with Crippen LogP contribution in [0, 0.1) is 0 Å². The van der Waals surface area contributed by atoms with Crippen molar-refractivity contribution < 1.29 is 18.3 Å². The molecule has 146 valence electrons. The second-order valence-electron chi connectivity index (χ2n) is 6.85. The maximum Gasteiger partial charge on any atom is 0.433 e. The van der Waals surface area contributed by atoms with Crippen LogP contribution in [-0.2, 0) is 6.18 Å². The third-order valence-corrected chi connectivity index (χ3v) is 5.05. The molecule has 0 radical (unpaired) electrons. The molecule has 0 spiro atoms. The summed E-state index contributed by atoms with van der Waals surface area (Å²) in [4.78, 5) is 19.2. The molecule has 1 aromatic carbocycles. The van der Waals surface area contributed by atoms with Gasteiger partial charge >= 0.3 is 6.18 Å². The Balaban J connectivity index is 1.96. The first-order chi connectivity index (χ1) is 13.2. The summed E-state index contributed by atoms with van der Waals surface area (Å²) in [6, 6.07) is 8.49. The Bertz CT molecular complexity index is 1120. The average Bonchev–Trinajstić information content (AvgIpc) is 3.37. The van der Waals surface area contributed by atoms with Crippen molar-refractivity contribution >= 4 is 28.3 Å². The van der Waals surface area contributed by atoms with E-state index < -0.39 is 23.0 Å². The van der Waals surface area contributed by atoms with Crippen LogP contribution >= 0.6 is 11.6 Å². The van der Waals surface area contributed by atoms with Crippen LogP contribution in [0.25, 0.3) is 22.0 Å². The van der Waals surface area contributed by atoms with Gasteiger partial charge in [0.15, 0.2) is 0 Å². The number of aromatic amines is 1. The summed E-state index contributed by atoms with van der Waals surface area (Å²) in [5, 5.41) is 13.5. The molecule has 4 rings (SSSR count). The third-order valence-electron chi connectivity index (χ3n) is 4.72. The number of pyridine rings is 2. The van der Waals surface area contributed by atoms with Crippen molar-refractivity contribution in [2.45, 2.75) is 24.6 Å². The lowest BCUT2D eigenvalue weighted by molar-refractivity contribution is -0.140. The Morgan fingerprint density at radius 3 is 2.57 bits per heavy atom. The van der Waals surface area contributed by atoms with E-state index in [1.807, 2.05) is 0 Å². The molecule has 1 aliphatic carbocycles. The summed E-state index contributed by atoms with van der Waals surface area (Å²) in [6.45, 7) is 0.171. The Morgan fingerprint density at radius 2 is 1.93 bits per heavy atom. The number of hydrogen-bond donors (Lipinski definition) is 3. The molecule has 3 aromatic rings. The fourth-order valence-electron chi connectivity index (χ4n) is 2.99. The van der Waals surface area contributed by atoms with Gasteiger partial charge in [-0.25, -0.2) is 4.98 Å². The predicted octanol–water partition coefficient (Wildman–Crippen LogP) is 4.20. The third kappa shape index (κ3) is 3.45. The van der Waals surface area contributed by atoms with Crippen LogP contribution < -0.4 is 10.9 Å². The van der Waals surface area contributed by atoms with Crippen LogP contribution in [0.2, 0.25) is 5.02 Å². The van der Waals surface area contributed by atoms with E-state index in [4.69, 9.17) is 11.6 Å². The number of halogens is 4. The van der Waals surface area contributed by atoms with Gasteiger partial charge in [0, 0.05) is 22.5 Å². The summed E-state index contributed by atoms with van der Waals surface area (Å²) in [5.74, 6) is 0.206. The van der Waals surface area contributed by atoms with Crippen molar-refractivity contribution in [2.24, 2.45) is 0 Å². The van der Waals surface area contributed by atoms with Gasteiger partial charge in [-0.2, -0.15) is 13.2 Å². The molecule has 2 aromatic heterocycles. The zero-order valence-corrected chi connectivity index (χ0v) is 15.2. The van der Waals surface area contributed by atoms with Gasteiger partial charge < -0.3 is 15.4 Å². The minimum absolute atomic E-state index is 0.0395. The zero-order chi connectivity index (χ0) is 20.1. The number of nitrogens with one attached hydrogen (secondary N) is 2. The van der Waals surface area contributed by atoms with Crippen molar-refractivity contribution in [2.75, 3.05) is 11.9 Å². The van der Waals surface area contributed by atoms with Crippen molar-refractivity contribution in [1.82, 2.24) is 9.97 Å². The second-order valence-corrected chi connectivity index (χ2v) is 7.26. The molecule has 0 amide bonds. The van der Waals surface area contributed by atoms with Crippen molar-refractivity contribution in [3.8, 4) is 11.1 Å². The fourth-order valence-corrected chi connectivity index (χ4v) is 3.22. The van der Waals surface area contributed by atoms with E-state index in [-0.39, 0.29) is 34.0 Å². The number of rotatable bonds is 4. The van der Waals surface area contributed by atoms with E-state index in [0.29, 0.717) is 18.2 Å². The number of anilines is 1. The van der Waals surface area contributed by atoms with Crippen LogP contribution in [0.4, 0.5) is 19.0 Å². The van der Waals surface area contributed by atoms with Crippen molar-refractivity contribution in [3.63, 3.8) is 0 Å².